The van der Waals surface area contributed by atoms with Crippen molar-refractivity contribution in [2.24, 2.45) is 0 Å². The molecule has 0 bridgehead atoms. The number of hydrogen-bond acceptors (Lipinski definition) is 4. The van der Waals surface area contributed by atoms with Gasteiger partial charge in [0.25, 0.3) is 5.91 Å². The topological polar surface area (TPSA) is 71.1 Å². The van der Waals surface area contributed by atoms with E-state index in [4.69, 9.17) is 0 Å². The van der Waals surface area contributed by atoms with E-state index in [1.54, 1.807) is 5.38 Å². The summed E-state index contributed by atoms with van der Waals surface area (Å²) in [5, 5.41) is 8.39. The van der Waals surface area contributed by atoms with Gasteiger partial charge in [0.2, 0.25) is 5.91 Å². The van der Waals surface area contributed by atoms with Gasteiger partial charge in [-0.25, -0.2) is 4.98 Å². The lowest BCUT2D eigenvalue weighted by atomic mass is 10.0. The van der Waals surface area contributed by atoms with Crippen LogP contribution in [0.4, 0.5) is 5.69 Å². The molecule has 1 aliphatic rings. The van der Waals surface area contributed by atoms with Crippen LogP contribution in [0.1, 0.15) is 34.6 Å². The molecule has 2 aromatic carbocycles. The monoisotopic (exact) mass is 363 g/mol. The fourth-order valence-electron chi connectivity index (χ4n) is 2.96. The fraction of sp³-hybridized carbons (Fsp3) is 0.150. The van der Waals surface area contributed by atoms with Gasteiger partial charge in [-0.15, -0.1) is 11.3 Å². The Morgan fingerprint density at radius 3 is 2.85 bits per heavy atom. The van der Waals surface area contributed by atoms with Gasteiger partial charge in [0.15, 0.2) is 0 Å². The minimum Gasteiger partial charge on any atom is -0.344 e. The molecule has 2 N–H and O–H groups in total. The molecule has 0 spiro atoms. The first-order valence-corrected chi connectivity index (χ1v) is 9.22. The summed E-state index contributed by atoms with van der Waals surface area (Å²) in [5.74, 6) is -0.199. The van der Waals surface area contributed by atoms with E-state index in [2.05, 4.69) is 15.6 Å². The number of anilines is 1. The predicted molar refractivity (Wildman–Crippen MR) is 102 cm³/mol. The van der Waals surface area contributed by atoms with E-state index in [1.807, 2.05) is 55.5 Å². The third-order valence-corrected chi connectivity index (χ3v) is 5.25. The first kappa shape index (κ1) is 16.5. The highest BCUT2D eigenvalue weighted by Crippen LogP contribution is 2.27. The van der Waals surface area contributed by atoms with E-state index < -0.39 is 0 Å². The van der Waals surface area contributed by atoms with E-state index >= 15 is 0 Å². The Labute approximate surface area is 155 Å². The van der Waals surface area contributed by atoms with Gasteiger partial charge in [0, 0.05) is 16.6 Å². The molecule has 3 aromatic rings. The summed E-state index contributed by atoms with van der Waals surface area (Å²) in [6, 6.07) is 15.4. The van der Waals surface area contributed by atoms with Crippen molar-refractivity contribution < 1.29 is 9.59 Å². The average molecular weight is 363 g/mol. The molecule has 0 aliphatic carbocycles. The van der Waals surface area contributed by atoms with Crippen molar-refractivity contribution >= 4 is 28.8 Å². The predicted octanol–water partition coefficient (Wildman–Crippen LogP) is 3.80. The van der Waals surface area contributed by atoms with E-state index in [0.717, 1.165) is 27.4 Å². The third-order valence-electron chi connectivity index (χ3n) is 4.36. The summed E-state index contributed by atoms with van der Waals surface area (Å²) in [6.07, 6.45) is 0.385. The second-order valence-electron chi connectivity index (χ2n) is 6.24. The van der Waals surface area contributed by atoms with Crippen LogP contribution >= 0.6 is 11.3 Å². The van der Waals surface area contributed by atoms with Crippen molar-refractivity contribution in [3.8, 4) is 10.6 Å². The Balaban J connectivity index is 1.48. The molecule has 1 atom stereocenters. The van der Waals surface area contributed by atoms with Crippen molar-refractivity contribution in [1.29, 1.82) is 0 Å². The summed E-state index contributed by atoms with van der Waals surface area (Å²) in [4.78, 5) is 28.4. The zero-order valence-electron chi connectivity index (χ0n) is 14.2. The average Bonchev–Trinajstić information content (AvgIpc) is 3.27. The summed E-state index contributed by atoms with van der Waals surface area (Å²) < 4.78 is 0. The van der Waals surface area contributed by atoms with Gasteiger partial charge in [-0.05, 0) is 24.1 Å². The van der Waals surface area contributed by atoms with Crippen LogP contribution in [0.5, 0.6) is 0 Å². The van der Waals surface area contributed by atoms with Crippen molar-refractivity contribution in [1.82, 2.24) is 10.3 Å². The Hall–Kier alpha value is -2.99. The van der Waals surface area contributed by atoms with Gasteiger partial charge in [0.1, 0.15) is 10.7 Å². The molecule has 0 radical (unpaired) electrons. The highest BCUT2D eigenvalue weighted by Gasteiger charge is 2.20. The molecule has 0 saturated heterocycles. The maximum Gasteiger partial charge on any atom is 0.271 e. The van der Waals surface area contributed by atoms with Crippen LogP contribution in [-0.2, 0) is 11.2 Å². The summed E-state index contributed by atoms with van der Waals surface area (Å²) in [6.45, 7) is 1.92. The second-order valence-corrected chi connectivity index (χ2v) is 7.10. The lowest BCUT2D eigenvalue weighted by Crippen LogP contribution is -2.27. The number of hydrogen-bond donors (Lipinski definition) is 2. The minimum atomic E-state index is -0.203. The van der Waals surface area contributed by atoms with Gasteiger partial charge in [-0.2, -0.15) is 0 Å². The number of carbonyl (C=O) groups excluding carboxylic acids is 2. The van der Waals surface area contributed by atoms with Gasteiger partial charge in [-0.1, -0.05) is 42.5 Å². The zero-order chi connectivity index (χ0) is 18.1. The molecule has 130 valence electrons. The summed E-state index contributed by atoms with van der Waals surface area (Å²) in [5.41, 5.74) is 4.20. The van der Waals surface area contributed by atoms with Crippen molar-refractivity contribution in [3.05, 3.63) is 70.7 Å². The van der Waals surface area contributed by atoms with Gasteiger partial charge < -0.3 is 10.6 Å². The Kier molecular flexibility index (Phi) is 4.26. The molecule has 2 amide bonds. The number of benzene rings is 2. The van der Waals surface area contributed by atoms with Crippen LogP contribution in [0, 0.1) is 0 Å². The van der Waals surface area contributed by atoms with E-state index in [0.29, 0.717) is 12.1 Å². The smallest absolute Gasteiger partial charge is 0.271 e. The molecule has 26 heavy (non-hydrogen) atoms. The van der Waals surface area contributed by atoms with Crippen LogP contribution in [0.2, 0.25) is 0 Å². The van der Waals surface area contributed by atoms with Crippen molar-refractivity contribution in [2.75, 3.05) is 5.32 Å². The quantitative estimate of drug-likeness (QED) is 0.741. The lowest BCUT2D eigenvalue weighted by molar-refractivity contribution is -0.115. The highest BCUT2D eigenvalue weighted by atomic mass is 32.1. The SMILES string of the molecule is C[C@@H](NC(=O)c1csc(-c2ccccc2)n1)c1ccc2c(c1)CC(=O)N2. The third kappa shape index (κ3) is 3.23. The fourth-order valence-corrected chi connectivity index (χ4v) is 3.77. The molecule has 5 nitrogen and oxygen atoms in total. The van der Waals surface area contributed by atoms with Crippen LogP contribution in [0.25, 0.3) is 10.6 Å². The summed E-state index contributed by atoms with van der Waals surface area (Å²) >= 11 is 1.45. The first-order valence-electron chi connectivity index (χ1n) is 8.34. The van der Waals surface area contributed by atoms with Gasteiger partial charge >= 0.3 is 0 Å². The Morgan fingerprint density at radius 2 is 2.04 bits per heavy atom. The van der Waals surface area contributed by atoms with Crippen LogP contribution in [-0.4, -0.2) is 16.8 Å². The number of fused-ring (bicyclic) bond motifs is 1. The van der Waals surface area contributed by atoms with Crippen LogP contribution in [0.15, 0.2) is 53.9 Å². The number of amides is 2. The number of thiazole rings is 1. The van der Waals surface area contributed by atoms with E-state index in [-0.39, 0.29) is 17.9 Å². The molecular formula is C20H17N3O2S. The molecule has 0 fully saturated rings. The molecule has 1 aliphatic heterocycles. The molecule has 0 saturated carbocycles. The summed E-state index contributed by atoms with van der Waals surface area (Å²) in [7, 11) is 0. The molecular weight excluding hydrogens is 346 g/mol. The minimum absolute atomic E-state index is 0.00440. The van der Waals surface area contributed by atoms with Crippen LogP contribution in [0.3, 0.4) is 0 Å². The van der Waals surface area contributed by atoms with Gasteiger partial charge in [0.05, 0.1) is 12.5 Å². The standard InChI is InChI=1S/C20H17N3O2S/c1-12(14-7-8-16-15(9-14)10-18(24)22-16)21-19(25)17-11-26-20(23-17)13-5-3-2-4-6-13/h2-9,11-12H,10H2,1H3,(H,21,25)(H,22,24)/t12-/m1/s1. The van der Waals surface area contributed by atoms with Gasteiger partial charge in [-0.3, -0.25) is 9.59 Å². The number of carbonyl (C=O) groups is 2. The number of nitrogens with zero attached hydrogens (tertiary/aromatic N) is 1. The van der Waals surface area contributed by atoms with E-state index in [9.17, 15) is 9.59 Å². The second kappa shape index (κ2) is 6.72. The number of nitrogens with one attached hydrogen (secondary N) is 2. The van der Waals surface area contributed by atoms with E-state index in [1.165, 1.54) is 11.3 Å². The maximum absolute atomic E-state index is 12.5. The molecule has 4 rings (SSSR count). The Bertz CT molecular complexity index is 982. The molecule has 1 aromatic heterocycles. The van der Waals surface area contributed by atoms with Crippen LogP contribution < -0.4 is 10.6 Å². The lowest BCUT2D eigenvalue weighted by Gasteiger charge is -2.14. The number of aromatic nitrogens is 1. The highest BCUT2D eigenvalue weighted by molar-refractivity contribution is 7.13. The first-order chi connectivity index (χ1) is 12.6. The normalized spacial score (nSPS) is 13.8. The van der Waals surface area contributed by atoms with Crippen molar-refractivity contribution in [2.45, 2.75) is 19.4 Å². The maximum atomic E-state index is 12.5. The molecule has 6 heteroatoms. The largest absolute Gasteiger partial charge is 0.344 e. The zero-order valence-corrected chi connectivity index (χ0v) is 15.0. The van der Waals surface area contributed by atoms with Crippen molar-refractivity contribution in [3.63, 3.8) is 0 Å². The molecule has 2 heterocycles. The Morgan fingerprint density at radius 1 is 1.23 bits per heavy atom. The molecule has 0 unspecified atom stereocenters. The number of rotatable bonds is 4.